The Morgan fingerprint density at radius 2 is 1.52 bits per heavy atom. The summed E-state index contributed by atoms with van der Waals surface area (Å²) >= 11 is 0. The first-order valence-electron chi connectivity index (χ1n) is 19.2. The fourth-order valence-corrected chi connectivity index (χ4v) is 6.70. The third-order valence-corrected chi connectivity index (χ3v) is 9.82. The minimum atomic E-state index is -0.137. The quantitative estimate of drug-likeness (QED) is 0.171. The minimum Gasteiger partial charge on any atom is -0.379 e. The van der Waals surface area contributed by atoms with E-state index < -0.39 is 0 Å². The second kappa shape index (κ2) is 20.5. The molecule has 1 saturated heterocycles. The smallest absolute Gasteiger partial charge is 0.227 e. The Bertz CT molecular complexity index is 1550. The van der Waals surface area contributed by atoms with Crippen LogP contribution in [0.3, 0.4) is 0 Å². The lowest BCUT2D eigenvalue weighted by Crippen LogP contribution is -2.48. The number of hydrogen-bond acceptors (Lipinski definition) is 9. The molecule has 1 aromatic heterocycles. The Morgan fingerprint density at radius 3 is 2.27 bits per heavy atom. The number of nitrogens with zero attached hydrogens (tertiary/aromatic N) is 7. The summed E-state index contributed by atoms with van der Waals surface area (Å²) in [5.74, 6) is 0.395. The van der Waals surface area contributed by atoms with Gasteiger partial charge in [-0.15, -0.1) is 5.10 Å². The molecular formula is C40H60N8O4. The molecule has 5 rings (SSSR count). The summed E-state index contributed by atoms with van der Waals surface area (Å²) in [6, 6.07) is 16.1. The van der Waals surface area contributed by atoms with Crippen molar-refractivity contribution in [3.8, 4) is 22.5 Å². The number of carbonyl (C=O) groups is 2. The molecule has 0 bridgehead atoms. The van der Waals surface area contributed by atoms with Gasteiger partial charge in [0.15, 0.2) is 0 Å². The topological polar surface area (TPSA) is 108 Å². The van der Waals surface area contributed by atoms with E-state index >= 15 is 0 Å². The van der Waals surface area contributed by atoms with Gasteiger partial charge >= 0.3 is 0 Å². The van der Waals surface area contributed by atoms with Crippen LogP contribution in [0, 0.1) is 5.92 Å². The van der Waals surface area contributed by atoms with Crippen molar-refractivity contribution in [3.63, 3.8) is 0 Å². The number of benzene rings is 2. The van der Waals surface area contributed by atoms with Crippen LogP contribution in [0.15, 0.2) is 48.5 Å². The van der Waals surface area contributed by atoms with Gasteiger partial charge in [0.1, 0.15) is 5.69 Å². The Balaban J connectivity index is 1.15. The maximum atomic E-state index is 13.9. The minimum absolute atomic E-state index is 0.101. The molecule has 0 saturated carbocycles. The van der Waals surface area contributed by atoms with Crippen LogP contribution in [0.4, 0.5) is 5.69 Å². The molecule has 0 radical (unpaired) electrons. The van der Waals surface area contributed by atoms with Gasteiger partial charge in [-0.2, -0.15) is 0 Å². The molecule has 1 N–H and O–H groups in total. The number of aryl methyl sites for hydroxylation is 1. The van der Waals surface area contributed by atoms with Crippen LogP contribution in [0.1, 0.15) is 51.5 Å². The van der Waals surface area contributed by atoms with Crippen molar-refractivity contribution in [3.05, 3.63) is 54.1 Å². The summed E-state index contributed by atoms with van der Waals surface area (Å²) in [6.45, 7) is 16.1. The van der Waals surface area contributed by atoms with E-state index in [9.17, 15) is 9.59 Å². The summed E-state index contributed by atoms with van der Waals surface area (Å²) in [5, 5.41) is 12.3. The number of amides is 2. The standard InChI is InChI=1S/C40H60N8O4/c1-32(2)17-28-52-30-29-51-27-9-18-41-37(49)15-16-38(50)47-31-33-11-5-6-12-34(33)40-39(35-13-7-8-14-36(35)47)42-43-48(40)20-10-19-45-23-25-46(26-24-45)22-21-44(3)4/h5-8,11-14,32H,9-10,15-31H2,1-4H3,(H,41,49). The molecule has 2 amide bonds. The van der Waals surface area contributed by atoms with Crippen LogP contribution >= 0.6 is 0 Å². The van der Waals surface area contributed by atoms with Crippen molar-refractivity contribution in [2.75, 3.05) is 97.8 Å². The molecule has 2 aromatic carbocycles. The van der Waals surface area contributed by atoms with E-state index in [2.05, 4.69) is 65.3 Å². The summed E-state index contributed by atoms with van der Waals surface area (Å²) in [7, 11) is 4.26. The van der Waals surface area contributed by atoms with Gasteiger partial charge in [0, 0.05) is 96.1 Å². The number of piperazine rings is 1. The zero-order valence-electron chi connectivity index (χ0n) is 31.9. The summed E-state index contributed by atoms with van der Waals surface area (Å²) < 4.78 is 13.2. The summed E-state index contributed by atoms with van der Waals surface area (Å²) in [4.78, 5) is 35.7. The van der Waals surface area contributed by atoms with Crippen molar-refractivity contribution in [2.45, 2.75) is 59.0 Å². The molecule has 12 nitrogen and oxygen atoms in total. The fourth-order valence-electron chi connectivity index (χ4n) is 6.70. The van der Waals surface area contributed by atoms with E-state index in [0.717, 1.165) is 106 Å². The van der Waals surface area contributed by atoms with Crippen LogP contribution in [-0.2, 0) is 32.2 Å². The van der Waals surface area contributed by atoms with Crippen molar-refractivity contribution >= 4 is 17.5 Å². The SMILES string of the molecule is CC(C)CCOCCOCCCNC(=O)CCC(=O)N1Cc2ccccc2-c2c(nnn2CCCN2CCN(CCN(C)C)CC2)-c2ccccc21. The van der Waals surface area contributed by atoms with E-state index in [4.69, 9.17) is 14.6 Å². The highest BCUT2D eigenvalue weighted by Crippen LogP contribution is 2.41. The van der Waals surface area contributed by atoms with Crippen LogP contribution < -0.4 is 10.2 Å². The Labute approximate surface area is 310 Å². The Morgan fingerprint density at radius 1 is 0.827 bits per heavy atom. The third kappa shape index (κ3) is 11.7. The van der Waals surface area contributed by atoms with Crippen LogP contribution in [0.5, 0.6) is 0 Å². The van der Waals surface area contributed by atoms with Gasteiger partial charge < -0.3 is 29.5 Å². The largest absolute Gasteiger partial charge is 0.379 e. The van der Waals surface area contributed by atoms with Gasteiger partial charge in [-0.05, 0) is 50.9 Å². The lowest BCUT2D eigenvalue weighted by atomic mass is 9.95. The molecule has 0 atom stereocenters. The number of para-hydroxylation sites is 1. The number of aromatic nitrogens is 3. The normalized spacial score (nSPS) is 14.9. The summed E-state index contributed by atoms with van der Waals surface area (Å²) in [5.41, 5.74) is 5.48. The van der Waals surface area contributed by atoms with Crippen molar-refractivity contribution in [2.24, 2.45) is 5.92 Å². The lowest BCUT2D eigenvalue weighted by Gasteiger charge is -2.35. The maximum absolute atomic E-state index is 13.9. The molecule has 284 valence electrons. The van der Waals surface area contributed by atoms with Gasteiger partial charge in [0.05, 0.1) is 31.1 Å². The highest BCUT2D eigenvalue weighted by Gasteiger charge is 2.29. The molecular weight excluding hydrogens is 656 g/mol. The molecule has 2 aliphatic rings. The van der Waals surface area contributed by atoms with Gasteiger partial charge in [0.25, 0.3) is 0 Å². The number of likely N-dealkylation sites (N-methyl/N-ethyl adjacent to an activating group) is 1. The molecule has 12 heteroatoms. The number of nitrogens with one attached hydrogen (secondary N) is 1. The molecule has 3 aromatic rings. The molecule has 2 aliphatic heterocycles. The molecule has 52 heavy (non-hydrogen) atoms. The van der Waals surface area contributed by atoms with Crippen LogP contribution in [0.25, 0.3) is 22.5 Å². The first-order chi connectivity index (χ1) is 25.3. The van der Waals surface area contributed by atoms with Gasteiger partial charge in [0.2, 0.25) is 11.8 Å². The first-order valence-corrected chi connectivity index (χ1v) is 19.2. The second-order valence-electron chi connectivity index (χ2n) is 14.6. The maximum Gasteiger partial charge on any atom is 0.227 e. The first kappa shape index (κ1) is 39.5. The monoisotopic (exact) mass is 716 g/mol. The number of ether oxygens (including phenoxy) is 2. The predicted octanol–water partition coefficient (Wildman–Crippen LogP) is 4.39. The molecule has 0 unspecified atom stereocenters. The van der Waals surface area contributed by atoms with Gasteiger partial charge in [-0.1, -0.05) is 61.5 Å². The van der Waals surface area contributed by atoms with Gasteiger partial charge in [-0.25, -0.2) is 4.68 Å². The average molecular weight is 717 g/mol. The number of carbonyl (C=O) groups excluding carboxylic acids is 2. The molecule has 1 fully saturated rings. The Hall–Kier alpha value is -3.68. The zero-order chi connectivity index (χ0) is 36.7. The third-order valence-electron chi connectivity index (χ3n) is 9.82. The van der Waals surface area contributed by atoms with Gasteiger partial charge in [-0.3, -0.25) is 14.5 Å². The molecule has 0 aliphatic carbocycles. The highest BCUT2D eigenvalue weighted by atomic mass is 16.5. The Kier molecular flexibility index (Phi) is 15.6. The predicted molar refractivity (Wildman–Crippen MR) is 206 cm³/mol. The van der Waals surface area contributed by atoms with Crippen molar-refractivity contribution in [1.29, 1.82) is 0 Å². The van der Waals surface area contributed by atoms with Crippen molar-refractivity contribution in [1.82, 2.24) is 35.0 Å². The second-order valence-corrected chi connectivity index (χ2v) is 14.6. The zero-order valence-corrected chi connectivity index (χ0v) is 31.9. The van der Waals surface area contributed by atoms with E-state index in [1.165, 1.54) is 0 Å². The summed E-state index contributed by atoms with van der Waals surface area (Å²) in [6.07, 6.45) is 2.96. The highest BCUT2D eigenvalue weighted by molar-refractivity contribution is 6.01. The van der Waals surface area contributed by atoms with Crippen LogP contribution in [-0.4, -0.2) is 134 Å². The van der Waals surface area contributed by atoms with E-state index in [1.54, 1.807) is 4.90 Å². The number of fused-ring (bicyclic) bond motifs is 5. The van der Waals surface area contributed by atoms with Crippen LogP contribution in [0.2, 0.25) is 0 Å². The average Bonchev–Trinajstić information content (AvgIpc) is 3.55. The number of hydrogen-bond donors (Lipinski definition) is 1. The van der Waals surface area contributed by atoms with Crippen molar-refractivity contribution < 1.29 is 19.1 Å². The van der Waals surface area contributed by atoms with E-state index in [-0.39, 0.29) is 24.7 Å². The van der Waals surface area contributed by atoms with E-state index in [0.29, 0.717) is 45.2 Å². The number of rotatable bonds is 20. The number of anilines is 1. The van der Waals surface area contributed by atoms with E-state index in [1.807, 2.05) is 41.1 Å². The molecule has 0 spiro atoms. The lowest BCUT2D eigenvalue weighted by molar-refractivity contribution is -0.125. The molecule has 3 heterocycles. The fraction of sp³-hybridized carbons (Fsp3) is 0.600.